The zero-order valence-corrected chi connectivity index (χ0v) is 11.9. The number of fused-ring (bicyclic) bond motifs is 5. The van der Waals surface area contributed by atoms with Gasteiger partial charge in [-0.15, -0.1) is 10.2 Å². The Kier molecular flexibility index (Phi) is 2.06. The van der Waals surface area contributed by atoms with Crippen LogP contribution in [0.15, 0.2) is 10.5 Å². The molecule has 102 valence electrons. The average molecular weight is 269 g/mol. The number of nitrogens with zero attached hydrogens (tertiary/aromatic N) is 5. The Balaban J connectivity index is 2.28. The molecular formula is C14H15N5O. The Labute approximate surface area is 115 Å². The Morgan fingerprint density at radius 1 is 1.20 bits per heavy atom. The van der Waals surface area contributed by atoms with Crippen molar-refractivity contribution in [3.8, 4) is 0 Å². The normalized spacial score (nSPS) is 12.2. The first-order valence-corrected chi connectivity index (χ1v) is 6.74. The highest BCUT2D eigenvalue weighted by atomic mass is 16.3. The second-order valence-corrected chi connectivity index (χ2v) is 5.11. The molecule has 4 heterocycles. The van der Waals surface area contributed by atoms with E-state index in [1.165, 1.54) is 0 Å². The standard InChI is InChI=1S/C14H15N5O/c1-5-12-15-16-14-10-6-11-13(7(2)8(3)20-11)18(10)9(4)17-19(12)14/h6H,5H2,1-4H3. The molecule has 0 aromatic carbocycles. The lowest BCUT2D eigenvalue weighted by Crippen LogP contribution is -2.05. The number of hydrogen-bond acceptors (Lipinski definition) is 4. The van der Waals surface area contributed by atoms with E-state index in [9.17, 15) is 0 Å². The van der Waals surface area contributed by atoms with Gasteiger partial charge in [0, 0.05) is 18.1 Å². The summed E-state index contributed by atoms with van der Waals surface area (Å²) in [5.74, 6) is 2.72. The van der Waals surface area contributed by atoms with Gasteiger partial charge in [-0.2, -0.15) is 9.61 Å². The van der Waals surface area contributed by atoms with Gasteiger partial charge in [0.1, 0.15) is 11.6 Å². The molecule has 0 radical (unpaired) electrons. The minimum Gasteiger partial charge on any atom is -0.459 e. The highest BCUT2D eigenvalue weighted by Gasteiger charge is 2.18. The summed E-state index contributed by atoms with van der Waals surface area (Å²) in [6, 6.07) is 2.02. The molecular weight excluding hydrogens is 254 g/mol. The van der Waals surface area contributed by atoms with Crippen LogP contribution in [0.5, 0.6) is 0 Å². The molecule has 0 atom stereocenters. The Bertz CT molecular complexity index is 972. The first kappa shape index (κ1) is 11.5. The van der Waals surface area contributed by atoms with Crippen LogP contribution in [0.1, 0.15) is 29.9 Å². The zero-order chi connectivity index (χ0) is 14.0. The zero-order valence-electron chi connectivity index (χ0n) is 11.9. The van der Waals surface area contributed by atoms with Crippen LogP contribution in [0.2, 0.25) is 0 Å². The highest BCUT2D eigenvalue weighted by molar-refractivity contribution is 5.91. The summed E-state index contributed by atoms with van der Waals surface area (Å²) in [5.41, 5.74) is 4.85. The molecule has 6 heteroatoms. The lowest BCUT2D eigenvalue weighted by molar-refractivity contribution is 0.575. The molecule has 4 aromatic heterocycles. The maximum absolute atomic E-state index is 5.81. The van der Waals surface area contributed by atoms with Gasteiger partial charge in [0.25, 0.3) is 0 Å². The fourth-order valence-corrected chi connectivity index (χ4v) is 2.81. The number of furan rings is 1. The summed E-state index contributed by atoms with van der Waals surface area (Å²) in [5, 5.41) is 13.1. The summed E-state index contributed by atoms with van der Waals surface area (Å²) < 4.78 is 9.74. The average Bonchev–Trinajstić information content (AvgIpc) is 3.04. The Morgan fingerprint density at radius 3 is 2.75 bits per heavy atom. The smallest absolute Gasteiger partial charge is 0.202 e. The van der Waals surface area contributed by atoms with Crippen LogP contribution >= 0.6 is 0 Å². The molecule has 6 nitrogen and oxygen atoms in total. The van der Waals surface area contributed by atoms with E-state index in [4.69, 9.17) is 4.42 Å². The van der Waals surface area contributed by atoms with E-state index in [1.807, 2.05) is 24.4 Å². The van der Waals surface area contributed by atoms with E-state index in [2.05, 4.69) is 33.5 Å². The van der Waals surface area contributed by atoms with Gasteiger partial charge in [0.15, 0.2) is 11.4 Å². The SMILES string of the molecule is CCc1nnc2c3cc4oc(C)c(C)c4n3c(C)nn12. The first-order chi connectivity index (χ1) is 9.61. The van der Waals surface area contributed by atoms with E-state index in [-0.39, 0.29) is 0 Å². The number of aryl methyl sites for hydroxylation is 4. The molecule has 0 saturated carbocycles. The summed E-state index contributed by atoms with van der Waals surface area (Å²) in [4.78, 5) is 0. The number of hydrogen-bond donors (Lipinski definition) is 0. The Hall–Kier alpha value is -2.37. The molecule has 0 aliphatic rings. The molecule has 0 bridgehead atoms. The molecule has 0 unspecified atom stereocenters. The lowest BCUT2D eigenvalue weighted by atomic mass is 10.3. The van der Waals surface area contributed by atoms with Gasteiger partial charge in [0.05, 0.1) is 11.0 Å². The van der Waals surface area contributed by atoms with Crippen molar-refractivity contribution in [3.05, 3.63) is 29.0 Å². The predicted octanol–water partition coefficient (Wildman–Crippen LogP) is 2.61. The van der Waals surface area contributed by atoms with Crippen LogP contribution in [0, 0.1) is 20.8 Å². The molecule has 20 heavy (non-hydrogen) atoms. The van der Waals surface area contributed by atoms with Crippen molar-refractivity contribution in [1.29, 1.82) is 0 Å². The minimum absolute atomic E-state index is 0.774. The third-order valence-corrected chi connectivity index (χ3v) is 3.93. The molecule has 4 aromatic rings. The third kappa shape index (κ3) is 1.21. The van der Waals surface area contributed by atoms with E-state index < -0.39 is 0 Å². The van der Waals surface area contributed by atoms with Crippen LogP contribution in [-0.4, -0.2) is 24.2 Å². The topological polar surface area (TPSA) is 60.6 Å². The Morgan fingerprint density at radius 2 is 2.00 bits per heavy atom. The van der Waals surface area contributed by atoms with Crippen molar-refractivity contribution in [1.82, 2.24) is 24.2 Å². The molecule has 0 aliphatic carbocycles. The van der Waals surface area contributed by atoms with Crippen molar-refractivity contribution >= 4 is 22.3 Å². The minimum atomic E-state index is 0.774. The quantitative estimate of drug-likeness (QED) is 0.533. The van der Waals surface area contributed by atoms with Gasteiger partial charge in [-0.25, -0.2) is 0 Å². The number of rotatable bonds is 1. The maximum Gasteiger partial charge on any atom is 0.202 e. The van der Waals surface area contributed by atoms with Crippen LogP contribution in [-0.2, 0) is 6.42 Å². The molecule has 4 rings (SSSR count). The van der Waals surface area contributed by atoms with E-state index in [0.29, 0.717) is 0 Å². The fraction of sp³-hybridized carbons (Fsp3) is 0.357. The summed E-state index contributed by atoms with van der Waals surface area (Å²) in [7, 11) is 0. The summed E-state index contributed by atoms with van der Waals surface area (Å²) >= 11 is 0. The predicted molar refractivity (Wildman–Crippen MR) is 75.1 cm³/mol. The number of aromatic nitrogens is 5. The van der Waals surface area contributed by atoms with Gasteiger partial charge in [0.2, 0.25) is 5.65 Å². The maximum atomic E-state index is 5.81. The van der Waals surface area contributed by atoms with Gasteiger partial charge >= 0.3 is 0 Å². The fourth-order valence-electron chi connectivity index (χ4n) is 2.81. The van der Waals surface area contributed by atoms with Crippen molar-refractivity contribution in [3.63, 3.8) is 0 Å². The first-order valence-electron chi connectivity index (χ1n) is 6.74. The largest absolute Gasteiger partial charge is 0.459 e. The van der Waals surface area contributed by atoms with Crippen molar-refractivity contribution in [2.45, 2.75) is 34.1 Å². The summed E-state index contributed by atoms with van der Waals surface area (Å²) in [6.45, 7) is 8.09. The van der Waals surface area contributed by atoms with E-state index in [0.717, 1.165) is 51.7 Å². The van der Waals surface area contributed by atoms with Crippen molar-refractivity contribution in [2.75, 3.05) is 0 Å². The van der Waals surface area contributed by atoms with Crippen LogP contribution < -0.4 is 0 Å². The second-order valence-electron chi connectivity index (χ2n) is 5.11. The van der Waals surface area contributed by atoms with Gasteiger partial charge in [-0.3, -0.25) is 4.40 Å². The molecule has 0 amide bonds. The van der Waals surface area contributed by atoms with Gasteiger partial charge in [-0.05, 0) is 20.8 Å². The van der Waals surface area contributed by atoms with Crippen molar-refractivity contribution in [2.24, 2.45) is 0 Å². The van der Waals surface area contributed by atoms with Crippen molar-refractivity contribution < 1.29 is 4.42 Å². The molecule has 0 spiro atoms. The van der Waals surface area contributed by atoms with Crippen LogP contribution in [0.4, 0.5) is 0 Å². The van der Waals surface area contributed by atoms with E-state index >= 15 is 0 Å². The third-order valence-electron chi connectivity index (χ3n) is 3.93. The molecule has 0 saturated heterocycles. The van der Waals surface area contributed by atoms with Gasteiger partial charge < -0.3 is 4.42 Å². The monoisotopic (exact) mass is 269 g/mol. The van der Waals surface area contributed by atoms with E-state index in [1.54, 1.807) is 0 Å². The van der Waals surface area contributed by atoms with Crippen LogP contribution in [0.3, 0.4) is 0 Å². The highest BCUT2D eigenvalue weighted by Crippen LogP contribution is 2.30. The molecule has 0 N–H and O–H groups in total. The molecule has 0 fully saturated rings. The van der Waals surface area contributed by atoms with Gasteiger partial charge in [-0.1, -0.05) is 6.92 Å². The lowest BCUT2D eigenvalue weighted by Gasteiger charge is -2.04. The summed E-state index contributed by atoms with van der Waals surface area (Å²) in [6.07, 6.45) is 0.804. The second kappa shape index (κ2) is 3.59. The van der Waals surface area contributed by atoms with Crippen LogP contribution in [0.25, 0.3) is 22.3 Å². The molecule has 0 aliphatic heterocycles.